The number of rotatable bonds is 6. The summed E-state index contributed by atoms with van der Waals surface area (Å²) in [6.07, 6.45) is 3.50. The number of aliphatic carboxylic acids is 1. The van der Waals surface area contributed by atoms with Gasteiger partial charge in [-0.3, -0.25) is 9.59 Å². The Hall–Kier alpha value is -1.59. The molecule has 1 aromatic rings. The molecule has 2 fully saturated rings. The van der Waals surface area contributed by atoms with Gasteiger partial charge in [0.1, 0.15) is 5.41 Å². The van der Waals surface area contributed by atoms with E-state index in [4.69, 9.17) is 16.3 Å². The van der Waals surface area contributed by atoms with Crippen molar-refractivity contribution in [2.75, 3.05) is 26.8 Å². The lowest BCUT2D eigenvalue weighted by Crippen LogP contribution is -2.53. The lowest BCUT2D eigenvalue weighted by Gasteiger charge is -2.40. The van der Waals surface area contributed by atoms with Crippen molar-refractivity contribution in [3.8, 4) is 0 Å². The number of ether oxygens (including phenoxy) is 1. The van der Waals surface area contributed by atoms with E-state index < -0.39 is 16.8 Å². The van der Waals surface area contributed by atoms with Crippen LogP contribution < -0.4 is 0 Å². The number of amides is 1. The van der Waals surface area contributed by atoms with E-state index in [0.717, 1.165) is 18.4 Å². The highest BCUT2D eigenvalue weighted by molar-refractivity contribution is 6.31. The molecule has 1 unspecified atom stereocenters. The highest BCUT2D eigenvalue weighted by Crippen LogP contribution is 2.51. The Morgan fingerprint density at radius 2 is 1.96 bits per heavy atom. The number of methoxy groups -OCH3 is 1. The van der Waals surface area contributed by atoms with Gasteiger partial charge in [0.15, 0.2) is 0 Å². The van der Waals surface area contributed by atoms with Gasteiger partial charge in [0.05, 0.1) is 12.0 Å². The molecular weight excluding hydrogens is 342 g/mol. The summed E-state index contributed by atoms with van der Waals surface area (Å²) in [5, 5.41) is 10.4. The maximum atomic E-state index is 13.2. The normalized spacial score (nSPS) is 24.8. The summed E-state index contributed by atoms with van der Waals surface area (Å²) in [5.41, 5.74) is -0.434. The van der Waals surface area contributed by atoms with Crippen LogP contribution in [0.1, 0.15) is 31.2 Å². The first-order valence-electron chi connectivity index (χ1n) is 8.68. The van der Waals surface area contributed by atoms with Crippen molar-refractivity contribution in [2.24, 2.45) is 10.8 Å². The van der Waals surface area contributed by atoms with Crippen molar-refractivity contribution in [2.45, 2.75) is 32.1 Å². The summed E-state index contributed by atoms with van der Waals surface area (Å²) in [6, 6.07) is 7.60. The summed E-state index contributed by atoms with van der Waals surface area (Å²) in [5.74, 6) is -0.823. The fraction of sp³-hybridized carbons (Fsp3) is 0.579. The maximum Gasteiger partial charge on any atom is 0.313 e. The minimum Gasteiger partial charge on any atom is -0.481 e. The molecule has 1 aliphatic carbocycles. The zero-order valence-corrected chi connectivity index (χ0v) is 15.2. The molecule has 0 spiro atoms. The molecule has 1 aliphatic heterocycles. The first-order chi connectivity index (χ1) is 11.9. The van der Waals surface area contributed by atoms with Gasteiger partial charge in [-0.25, -0.2) is 0 Å². The third-order valence-electron chi connectivity index (χ3n) is 5.53. The van der Waals surface area contributed by atoms with Crippen molar-refractivity contribution in [1.29, 1.82) is 0 Å². The van der Waals surface area contributed by atoms with Crippen LogP contribution in [0.3, 0.4) is 0 Å². The van der Waals surface area contributed by atoms with Gasteiger partial charge in [0, 0.05) is 25.2 Å². The molecule has 5 nitrogen and oxygen atoms in total. The van der Waals surface area contributed by atoms with Crippen LogP contribution in [0.25, 0.3) is 0 Å². The van der Waals surface area contributed by atoms with Crippen LogP contribution in [0.15, 0.2) is 24.3 Å². The van der Waals surface area contributed by atoms with Gasteiger partial charge >= 0.3 is 5.97 Å². The molecule has 6 heteroatoms. The molecule has 1 saturated heterocycles. The Bertz CT molecular complexity index is 669. The van der Waals surface area contributed by atoms with E-state index in [2.05, 4.69) is 0 Å². The van der Waals surface area contributed by atoms with E-state index in [1.807, 2.05) is 24.3 Å². The smallest absolute Gasteiger partial charge is 0.313 e. The van der Waals surface area contributed by atoms with Crippen LogP contribution in [0.5, 0.6) is 0 Å². The Balaban J connectivity index is 1.76. The van der Waals surface area contributed by atoms with Crippen LogP contribution in [0.4, 0.5) is 0 Å². The summed E-state index contributed by atoms with van der Waals surface area (Å²) in [4.78, 5) is 26.7. The quantitative estimate of drug-likeness (QED) is 0.841. The van der Waals surface area contributed by atoms with E-state index in [0.29, 0.717) is 30.8 Å². The topological polar surface area (TPSA) is 66.8 Å². The summed E-state index contributed by atoms with van der Waals surface area (Å²) < 4.78 is 5.15. The number of carboxylic acid groups (broad SMARTS) is 1. The van der Waals surface area contributed by atoms with Crippen molar-refractivity contribution in [3.05, 3.63) is 34.9 Å². The molecule has 0 radical (unpaired) electrons. The number of hydrogen-bond donors (Lipinski definition) is 1. The van der Waals surface area contributed by atoms with Gasteiger partial charge in [-0.05, 0) is 43.7 Å². The number of hydrogen-bond acceptors (Lipinski definition) is 3. The van der Waals surface area contributed by atoms with E-state index in [9.17, 15) is 14.7 Å². The molecule has 2 aliphatic rings. The van der Waals surface area contributed by atoms with Gasteiger partial charge in [0.25, 0.3) is 0 Å². The second-order valence-corrected chi connectivity index (χ2v) is 7.80. The zero-order valence-electron chi connectivity index (χ0n) is 14.5. The fourth-order valence-electron chi connectivity index (χ4n) is 3.89. The molecule has 0 aromatic heterocycles. The Labute approximate surface area is 152 Å². The second-order valence-electron chi connectivity index (χ2n) is 7.40. The molecule has 1 atom stereocenters. The van der Waals surface area contributed by atoms with Crippen molar-refractivity contribution in [3.63, 3.8) is 0 Å². The molecule has 25 heavy (non-hydrogen) atoms. The average Bonchev–Trinajstić information content (AvgIpc) is 3.37. The third kappa shape index (κ3) is 3.53. The first kappa shape index (κ1) is 18.2. The fourth-order valence-corrected chi connectivity index (χ4v) is 4.10. The van der Waals surface area contributed by atoms with Crippen LogP contribution in [0.2, 0.25) is 5.02 Å². The van der Waals surface area contributed by atoms with Gasteiger partial charge in [-0.1, -0.05) is 29.8 Å². The molecule has 1 aromatic carbocycles. The monoisotopic (exact) mass is 365 g/mol. The lowest BCUT2D eigenvalue weighted by molar-refractivity contribution is -0.160. The Kier molecular flexibility index (Phi) is 5.07. The van der Waals surface area contributed by atoms with E-state index in [1.54, 1.807) is 4.90 Å². The number of benzene rings is 1. The SMILES string of the molecule is COCC1(C(=O)O)CCCN(C(=O)C2(Cc3ccccc3Cl)CC2)C1. The minimum atomic E-state index is -0.997. The maximum absolute atomic E-state index is 13.2. The van der Waals surface area contributed by atoms with Crippen LogP contribution >= 0.6 is 11.6 Å². The number of halogens is 1. The number of carbonyl (C=O) groups is 2. The highest BCUT2D eigenvalue weighted by atomic mass is 35.5. The van der Waals surface area contributed by atoms with E-state index in [1.165, 1.54) is 7.11 Å². The molecule has 1 heterocycles. The molecule has 3 rings (SSSR count). The summed E-state index contributed by atoms with van der Waals surface area (Å²) in [7, 11) is 1.51. The highest BCUT2D eigenvalue weighted by Gasteiger charge is 2.54. The summed E-state index contributed by atoms with van der Waals surface area (Å²) in [6.45, 7) is 0.963. The molecule has 1 saturated carbocycles. The predicted molar refractivity (Wildman–Crippen MR) is 94.6 cm³/mol. The zero-order chi connectivity index (χ0) is 18.1. The summed E-state index contributed by atoms with van der Waals surface area (Å²) >= 11 is 6.26. The Morgan fingerprint density at radius 3 is 2.56 bits per heavy atom. The first-order valence-corrected chi connectivity index (χ1v) is 9.05. The molecule has 1 amide bonds. The number of carbonyl (C=O) groups excluding carboxylic acids is 1. The standard InChI is InChI=1S/C19H24ClNO4/c1-25-13-19(17(23)24)7-4-10-21(12-19)16(22)18(8-9-18)11-14-5-2-3-6-15(14)20/h2-3,5-6H,4,7-13H2,1H3,(H,23,24). The number of piperidine rings is 1. The van der Waals surface area contributed by atoms with Crippen molar-refractivity contribution >= 4 is 23.5 Å². The molecule has 0 bridgehead atoms. The number of likely N-dealkylation sites (tertiary alicyclic amines) is 1. The molecule has 1 N–H and O–H groups in total. The van der Waals surface area contributed by atoms with Gasteiger partial charge < -0.3 is 14.7 Å². The van der Waals surface area contributed by atoms with Crippen LogP contribution in [-0.4, -0.2) is 48.7 Å². The van der Waals surface area contributed by atoms with Gasteiger partial charge in [0.2, 0.25) is 5.91 Å². The van der Waals surface area contributed by atoms with Crippen LogP contribution in [0, 0.1) is 10.8 Å². The van der Waals surface area contributed by atoms with Crippen molar-refractivity contribution < 1.29 is 19.4 Å². The van der Waals surface area contributed by atoms with E-state index in [-0.39, 0.29) is 19.1 Å². The lowest BCUT2D eigenvalue weighted by atomic mass is 9.80. The molecular formula is C19H24ClNO4. The van der Waals surface area contributed by atoms with E-state index >= 15 is 0 Å². The van der Waals surface area contributed by atoms with Crippen LogP contribution in [-0.2, 0) is 20.7 Å². The minimum absolute atomic E-state index is 0.0637. The number of carboxylic acids is 1. The van der Waals surface area contributed by atoms with Gasteiger partial charge in [-0.15, -0.1) is 0 Å². The molecule has 136 valence electrons. The predicted octanol–water partition coefficient (Wildman–Crippen LogP) is 3.00. The number of nitrogens with zero attached hydrogens (tertiary/aromatic N) is 1. The van der Waals surface area contributed by atoms with Crippen molar-refractivity contribution in [1.82, 2.24) is 4.90 Å². The third-order valence-corrected chi connectivity index (χ3v) is 5.90. The second kappa shape index (κ2) is 6.96. The van der Waals surface area contributed by atoms with Gasteiger partial charge in [-0.2, -0.15) is 0 Å². The largest absolute Gasteiger partial charge is 0.481 e. The average molecular weight is 366 g/mol. The Morgan fingerprint density at radius 1 is 1.24 bits per heavy atom.